The number of hydrogen-bond acceptors (Lipinski definition) is 3. The number of amides is 2. The van der Waals surface area contributed by atoms with E-state index in [2.05, 4.69) is 10.6 Å². The Hall–Kier alpha value is -3.13. The molecule has 5 nitrogen and oxygen atoms in total. The van der Waals surface area contributed by atoms with Gasteiger partial charge in [-0.3, -0.25) is 9.59 Å². The fraction of sp³-hybridized carbons (Fsp3) is 0.118. The zero-order chi connectivity index (χ0) is 16.1. The molecule has 2 aromatic carbocycles. The van der Waals surface area contributed by atoms with Crippen LogP contribution < -0.4 is 10.6 Å². The average molecular weight is 293 g/mol. The normalized spacial score (nSPS) is 9.68. The quantitative estimate of drug-likeness (QED) is 0.835. The van der Waals surface area contributed by atoms with E-state index in [4.69, 9.17) is 5.26 Å². The third-order valence-electron chi connectivity index (χ3n) is 3.20. The second-order valence-corrected chi connectivity index (χ2v) is 4.86. The molecule has 110 valence electrons. The van der Waals surface area contributed by atoms with Crippen LogP contribution in [-0.4, -0.2) is 11.8 Å². The van der Waals surface area contributed by atoms with Gasteiger partial charge in [-0.05, 0) is 49.2 Å². The van der Waals surface area contributed by atoms with Crippen molar-refractivity contribution in [2.24, 2.45) is 0 Å². The maximum Gasteiger partial charge on any atom is 0.314 e. The predicted molar refractivity (Wildman–Crippen MR) is 84.3 cm³/mol. The van der Waals surface area contributed by atoms with Gasteiger partial charge < -0.3 is 10.6 Å². The smallest absolute Gasteiger partial charge is 0.314 e. The molecule has 0 saturated carbocycles. The predicted octanol–water partition coefficient (Wildman–Crippen LogP) is 2.75. The van der Waals surface area contributed by atoms with E-state index >= 15 is 0 Å². The standard InChI is InChI=1S/C17H15N3O2/c1-11-4-3-5-12(2)15(11)20-17(22)16(21)19-14-8-6-13(10-18)7-9-14/h3-9H,1-2H3,(H,19,21)(H,20,22). The minimum absolute atomic E-state index is 0.459. The van der Waals surface area contributed by atoms with Gasteiger partial charge in [0.1, 0.15) is 0 Å². The lowest BCUT2D eigenvalue weighted by Gasteiger charge is -2.11. The van der Waals surface area contributed by atoms with E-state index < -0.39 is 11.8 Å². The van der Waals surface area contributed by atoms with Crippen molar-refractivity contribution in [2.75, 3.05) is 10.6 Å². The largest absolute Gasteiger partial charge is 0.318 e. The van der Waals surface area contributed by atoms with Gasteiger partial charge in [-0.25, -0.2) is 0 Å². The Kier molecular flexibility index (Phi) is 4.54. The molecule has 0 heterocycles. The molecule has 0 unspecified atom stereocenters. The van der Waals surface area contributed by atoms with Crippen molar-refractivity contribution < 1.29 is 9.59 Å². The molecule has 0 spiro atoms. The molecule has 0 atom stereocenters. The number of nitrogens with one attached hydrogen (secondary N) is 2. The van der Waals surface area contributed by atoms with E-state index in [0.29, 0.717) is 16.9 Å². The first-order chi connectivity index (χ1) is 10.5. The van der Waals surface area contributed by atoms with E-state index in [9.17, 15) is 9.59 Å². The molecule has 0 fully saturated rings. The van der Waals surface area contributed by atoms with E-state index in [1.165, 1.54) is 0 Å². The van der Waals surface area contributed by atoms with Crippen LogP contribution in [0.1, 0.15) is 16.7 Å². The highest BCUT2D eigenvalue weighted by atomic mass is 16.2. The minimum atomic E-state index is -0.757. The van der Waals surface area contributed by atoms with Crippen LogP contribution in [0.3, 0.4) is 0 Å². The van der Waals surface area contributed by atoms with Crippen molar-refractivity contribution in [3.8, 4) is 6.07 Å². The van der Waals surface area contributed by atoms with Gasteiger partial charge in [0.25, 0.3) is 0 Å². The first-order valence-corrected chi connectivity index (χ1v) is 6.70. The third kappa shape index (κ3) is 3.49. The van der Waals surface area contributed by atoms with Crippen molar-refractivity contribution in [3.05, 3.63) is 59.2 Å². The number of nitrogens with zero attached hydrogens (tertiary/aromatic N) is 1. The molecule has 0 aliphatic rings. The summed E-state index contributed by atoms with van der Waals surface area (Å²) in [5, 5.41) is 13.8. The first-order valence-electron chi connectivity index (χ1n) is 6.70. The molecule has 0 aliphatic heterocycles. The van der Waals surface area contributed by atoms with Gasteiger partial charge in [-0.1, -0.05) is 18.2 Å². The summed E-state index contributed by atoms with van der Waals surface area (Å²) in [6.07, 6.45) is 0. The molecular formula is C17H15N3O2. The molecule has 2 N–H and O–H groups in total. The van der Waals surface area contributed by atoms with Crippen LogP contribution in [0, 0.1) is 25.2 Å². The average Bonchev–Trinajstić information content (AvgIpc) is 2.51. The number of hydrogen-bond donors (Lipinski definition) is 2. The van der Waals surface area contributed by atoms with Crippen molar-refractivity contribution in [2.45, 2.75) is 13.8 Å². The minimum Gasteiger partial charge on any atom is -0.318 e. The summed E-state index contributed by atoms with van der Waals surface area (Å²) in [5.74, 6) is -1.49. The highest BCUT2D eigenvalue weighted by Crippen LogP contribution is 2.19. The fourth-order valence-corrected chi connectivity index (χ4v) is 2.00. The number of anilines is 2. The summed E-state index contributed by atoms with van der Waals surface area (Å²) < 4.78 is 0. The molecule has 2 amide bonds. The van der Waals surface area contributed by atoms with Crippen molar-refractivity contribution >= 4 is 23.2 Å². The highest BCUT2D eigenvalue weighted by molar-refractivity contribution is 6.43. The van der Waals surface area contributed by atoms with Gasteiger partial charge in [0.15, 0.2) is 0 Å². The van der Waals surface area contributed by atoms with Crippen molar-refractivity contribution in [1.82, 2.24) is 0 Å². The number of aryl methyl sites for hydroxylation is 2. The molecular weight excluding hydrogens is 278 g/mol. The van der Waals surface area contributed by atoms with Crippen LogP contribution in [0.25, 0.3) is 0 Å². The molecule has 0 radical (unpaired) electrons. The Morgan fingerprint density at radius 3 is 2.00 bits per heavy atom. The maximum absolute atomic E-state index is 12.0. The lowest BCUT2D eigenvalue weighted by molar-refractivity contribution is -0.133. The van der Waals surface area contributed by atoms with E-state index in [-0.39, 0.29) is 0 Å². The monoisotopic (exact) mass is 293 g/mol. The van der Waals surface area contributed by atoms with Crippen LogP contribution in [0.4, 0.5) is 11.4 Å². The zero-order valence-corrected chi connectivity index (χ0v) is 12.3. The maximum atomic E-state index is 12.0. The molecule has 2 aromatic rings. The molecule has 5 heteroatoms. The summed E-state index contributed by atoms with van der Waals surface area (Å²) in [6, 6.07) is 13.9. The van der Waals surface area contributed by atoms with Gasteiger partial charge in [-0.2, -0.15) is 5.26 Å². The van der Waals surface area contributed by atoms with Crippen LogP contribution in [-0.2, 0) is 9.59 Å². The van der Waals surface area contributed by atoms with E-state index in [1.807, 2.05) is 38.1 Å². The molecule has 0 aliphatic carbocycles. The van der Waals surface area contributed by atoms with Gasteiger partial charge in [0.05, 0.1) is 11.6 Å². The summed E-state index contributed by atoms with van der Waals surface area (Å²) in [7, 11) is 0. The Bertz CT molecular complexity index is 738. The SMILES string of the molecule is Cc1cccc(C)c1NC(=O)C(=O)Nc1ccc(C#N)cc1. The van der Waals surface area contributed by atoms with Crippen molar-refractivity contribution in [3.63, 3.8) is 0 Å². The molecule has 22 heavy (non-hydrogen) atoms. The number of carbonyl (C=O) groups is 2. The first kappa shape index (κ1) is 15.3. The second-order valence-electron chi connectivity index (χ2n) is 4.86. The van der Waals surface area contributed by atoms with E-state index in [0.717, 1.165) is 11.1 Å². The Balaban J connectivity index is 2.06. The summed E-state index contributed by atoms with van der Waals surface area (Å²) in [4.78, 5) is 23.9. The summed E-state index contributed by atoms with van der Waals surface area (Å²) in [6.45, 7) is 3.72. The van der Waals surface area contributed by atoms with Gasteiger partial charge >= 0.3 is 11.8 Å². The topological polar surface area (TPSA) is 82.0 Å². The number of para-hydroxylation sites is 1. The molecule has 2 rings (SSSR count). The third-order valence-corrected chi connectivity index (χ3v) is 3.20. The van der Waals surface area contributed by atoms with Crippen LogP contribution in [0.2, 0.25) is 0 Å². The summed E-state index contributed by atoms with van der Waals surface area (Å²) >= 11 is 0. The molecule has 0 bridgehead atoms. The van der Waals surface area contributed by atoms with Crippen LogP contribution in [0.15, 0.2) is 42.5 Å². The van der Waals surface area contributed by atoms with Gasteiger partial charge in [0, 0.05) is 11.4 Å². The van der Waals surface area contributed by atoms with E-state index in [1.54, 1.807) is 24.3 Å². The second kappa shape index (κ2) is 6.55. The molecule has 0 saturated heterocycles. The summed E-state index contributed by atoms with van der Waals surface area (Å²) in [5.41, 5.74) is 3.36. The number of nitriles is 1. The number of rotatable bonds is 2. The molecule has 0 aromatic heterocycles. The van der Waals surface area contributed by atoms with Crippen LogP contribution >= 0.6 is 0 Å². The van der Waals surface area contributed by atoms with Crippen molar-refractivity contribution in [1.29, 1.82) is 5.26 Å². The highest BCUT2D eigenvalue weighted by Gasteiger charge is 2.15. The fourth-order valence-electron chi connectivity index (χ4n) is 2.00. The number of benzene rings is 2. The lowest BCUT2D eigenvalue weighted by atomic mass is 10.1. The number of carbonyl (C=O) groups excluding carboxylic acids is 2. The van der Waals surface area contributed by atoms with Crippen LogP contribution in [0.5, 0.6) is 0 Å². The zero-order valence-electron chi connectivity index (χ0n) is 12.3. The Morgan fingerprint density at radius 2 is 1.45 bits per heavy atom. The van der Waals surface area contributed by atoms with Gasteiger partial charge in [0.2, 0.25) is 0 Å². The van der Waals surface area contributed by atoms with Gasteiger partial charge in [-0.15, -0.1) is 0 Å². The Morgan fingerprint density at radius 1 is 0.909 bits per heavy atom. The lowest BCUT2D eigenvalue weighted by Crippen LogP contribution is -2.29. The Labute approximate surface area is 128 Å².